The summed E-state index contributed by atoms with van der Waals surface area (Å²) in [5.74, 6) is 0.532. The fourth-order valence-corrected chi connectivity index (χ4v) is 2.21. The molecule has 1 aromatic carbocycles. The van der Waals surface area contributed by atoms with Crippen LogP contribution in [0.15, 0.2) is 42.6 Å². The van der Waals surface area contributed by atoms with E-state index in [1.165, 1.54) is 12.1 Å². The first-order valence-corrected chi connectivity index (χ1v) is 6.37. The molecule has 5 heteroatoms. The van der Waals surface area contributed by atoms with Crippen molar-refractivity contribution in [3.63, 3.8) is 0 Å². The predicted octanol–water partition coefficient (Wildman–Crippen LogP) is 2.75. The summed E-state index contributed by atoms with van der Waals surface area (Å²) in [7, 11) is 1.65. The zero-order valence-electron chi connectivity index (χ0n) is 11.1. The lowest BCUT2D eigenvalue weighted by Crippen LogP contribution is -2.05. The standard InChI is InChI=1S/C15H14FN3O/c1-20-9-7-14-18-13-6-3-8-17-15(13)19(14)12-5-2-4-11(16)10-12/h2-6,8,10H,7,9H2,1H3. The van der Waals surface area contributed by atoms with Gasteiger partial charge in [0.25, 0.3) is 0 Å². The summed E-state index contributed by atoms with van der Waals surface area (Å²) in [6.45, 7) is 0.554. The quantitative estimate of drug-likeness (QED) is 0.732. The molecule has 0 saturated heterocycles. The largest absolute Gasteiger partial charge is 0.384 e. The molecule has 0 atom stereocenters. The Morgan fingerprint density at radius 1 is 1.25 bits per heavy atom. The van der Waals surface area contributed by atoms with Crippen LogP contribution in [-0.2, 0) is 11.2 Å². The van der Waals surface area contributed by atoms with E-state index in [9.17, 15) is 4.39 Å². The number of hydrogen-bond acceptors (Lipinski definition) is 3. The monoisotopic (exact) mass is 271 g/mol. The normalized spacial score (nSPS) is 11.1. The summed E-state index contributed by atoms with van der Waals surface area (Å²) in [6, 6.07) is 10.2. The second kappa shape index (κ2) is 5.38. The van der Waals surface area contributed by atoms with Crippen molar-refractivity contribution >= 4 is 11.2 Å². The van der Waals surface area contributed by atoms with Gasteiger partial charge in [0.2, 0.25) is 0 Å². The van der Waals surface area contributed by atoms with Crippen LogP contribution in [0.5, 0.6) is 0 Å². The highest BCUT2D eigenvalue weighted by atomic mass is 19.1. The molecule has 2 aromatic heterocycles. The molecule has 0 aliphatic carbocycles. The second-order valence-electron chi connectivity index (χ2n) is 4.43. The van der Waals surface area contributed by atoms with Gasteiger partial charge < -0.3 is 4.74 Å². The first kappa shape index (κ1) is 12.7. The Balaban J connectivity index is 2.20. The number of nitrogens with zero attached hydrogens (tertiary/aromatic N) is 3. The van der Waals surface area contributed by atoms with Crippen molar-refractivity contribution in [3.8, 4) is 5.69 Å². The molecule has 0 bridgehead atoms. The highest BCUT2D eigenvalue weighted by Gasteiger charge is 2.13. The lowest BCUT2D eigenvalue weighted by molar-refractivity contribution is 0.200. The molecule has 0 aliphatic heterocycles. The van der Waals surface area contributed by atoms with Crippen LogP contribution in [-0.4, -0.2) is 28.3 Å². The summed E-state index contributed by atoms with van der Waals surface area (Å²) >= 11 is 0. The van der Waals surface area contributed by atoms with Gasteiger partial charge in [-0.1, -0.05) is 6.07 Å². The first-order chi connectivity index (χ1) is 9.79. The molecule has 0 radical (unpaired) electrons. The maximum atomic E-state index is 13.5. The zero-order valence-corrected chi connectivity index (χ0v) is 11.1. The van der Waals surface area contributed by atoms with Gasteiger partial charge in [-0.3, -0.25) is 4.57 Å². The van der Waals surface area contributed by atoms with Crippen LogP contribution in [0.3, 0.4) is 0 Å². The Hall–Kier alpha value is -2.27. The number of ether oxygens (including phenoxy) is 1. The Morgan fingerprint density at radius 3 is 2.95 bits per heavy atom. The Kier molecular flexibility index (Phi) is 3.43. The SMILES string of the molecule is COCCc1nc2cccnc2n1-c1cccc(F)c1. The van der Waals surface area contributed by atoms with Gasteiger partial charge in [-0.15, -0.1) is 0 Å². The van der Waals surface area contributed by atoms with E-state index in [2.05, 4.69) is 9.97 Å². The third-order valence-corrected chi connectivity index (χ3v) is 3.08. The van der Waals surface area contributed by atoms with E-state index >= 15 is 0 Å². The van der Waals surface area contributed by atoms with E-state index in [0.29, 0.717) is 13.0 Å². The minimum absolute atomic E-state index is 0.280. The molecule has 0 N–H and O–H groups in total. The second-order valence-corrected chi connectivity index (χ2v) is 4.43. The Labute approximate surface area is 115 Å². The molecule has 4 nitrogen and oxygen atoms in total. The minimum Gasteiger partial charge on any atom is -0.384 e. The van der Waals surface area contributed by atoms with Crippen molar-refractivity contribution in [2.45, 2.75) is 6.42 Å². The zero-order chi connectivity index (χ0) is 13.9. The van der Waals surface area contributed by atoms with Gasteiger partial charge in [0.1, 0.15) is 17.2 Å². The average Bonchev–Trinajstić information content (AvgIpc) is 2.83. The highest BCUT2D eigenvalue weighted by Crippen LogP contribution is 2.20. The number of pyridine rings is 1. The first-order valence-electron chi connectivity index (χ1n) is 6.37. The predicted molar refractivity (Wildman–Crippen MR) is 74.4 cm³/mol. The summed E-state index contributed by atoms with van der Waals surface area (Å²) in [4.78, 5) is 8.91. The van der Waals surface area contributed by atoms with Gasteiger partial charge in [0.05, 0.1) is 12.3 Å². The molecule has 0 spiro atoms. The number of hydrogen-bond donors (Lipinski definition) is 0. The smallest absolute Gasteiger partial charge is 0.164 e. The van der Waals surface area contributed by atoms with Crippen LogP contribution in [0.1, 0.15) is 5.82 Å². The van der Waals surface area contributed by atoms with E-state index in [4.69, 9.17) is 4.74 Å². The van der Waals surface area contributed by atoms with Gasteiger partial charge in [-0.25, -0.2) is 14.4 Å². The number of methoxy groups -OCH3 is 1. The van der Waals surface area contributed by atoms with Gasteiger partial charge in [-0.2, -0.15) is 0 Å². The van der Waals surface area contributed by atoms with Crippen molar-refractivity contribution in [1.82, 2.24) is 14.5 Å². The van der Waals surface area contributed by atoms with Crippen molar-refractivity contribution in [1.29, 1.82) is 0 Å². The summed E-state index contributed by atoms with van der Waals surface area (Å²) in [5.41, 5.74) is 2.24. The number of benzene rings is 1. The lowest BCUT2D eigenvalue weighted by Gasteiger charge is -2.08. The van der Waals surface area contributed by atoms with Crippen molar-refractivity contribution in [3.05, 3.63) is 54.2 Å². The lowest BCUT2D eigenvalue weighted by atomic mass is 10.3. The molecule has 102 valence electrons. The maximum absolute atomic E-state index is 13.5. The van der Waals surface area contributed by atoms with Gasteiger partial charge >= 0.3 is 0 Å². The molecule has 3 rings (SSSR count). The molecule has 0 amide bonds. The number of fused-ring (bicyclic) bond motifs is 1. The topological polar surface area (TPSA) is 39.9 Å². The highest BCUT2D eigenvalue weighted by molar-refractivity contribution is 5.73. The molecular formula is C15H14FN3O. The van der Waals surface area contributed by atoms with Crippen LogP contribution >= 0.6 is 0 Å². The fraction of sp³-hybridized carbons (Fsp3) is 0.200. The van der Waals surface area contributed by atoms with Crippen molar-refractivity contribution in [2.24, 2.45) is 0 Å². The molecule has 0 saturated carbocycles. The fourth-order valence-electron chi connectivity index (χ4n) is 2.21. The molecule has 0 fully saturated rings. The third-order valence-electron chi connectivity index (χ3n) is 3.08. The van der Waals surface area contributed by atoms with E-state index in [0.717, 1.165) is 22.7 Å². The summed E-state index contributed by atoms with van der Waals surface area (Å²) in [5, 5.41) is 0. The van der Waals surface area contributed by atoms with Gasteiger partial charge in [0, 0.05) is 19.7 Å². The number of aromatic nitrogens is 3. The Morgan fingerprint density at radius 2 is 2.15 bits per heavy atom. The Bertz CT molecular complexity index is 739. The van der Waals surface area contributed by atoms with Gasteiger partial charge in [0.15, 0.2) is 5.65 Å². The number of imidazole rings is 1. The third kappa shape index (κ3) is 2.28. The van der Waals surface area contributed by atoms with E-state index in [-0.39, 0.29) is 5.82 Å². The summed E-state index contributed by atoms with van der Waals surface area (Å²) in [6.07, 6.45) is 2.35. The summed E-state index contributed by atoms with van der Waals surface area (Å²) < 4.78 is 20.4. The van der Waals surface area contributed by atoms with Crippen LogP contribution < -0.4 is 0 Å². The molecule has 0 unspecified atom stereocenters. The molecule has 20 heavy (non-hydrogen) atoms. The molecular weight excluding hydrogens is 257 g/mol. The van der Waals surface area contributed by atoms with E-state index in [1.54, 1.807) is 19.4 Å². The number of halogens is 1. The number of rotatable bonds is 4. The van der Waals surface area contributed by atoms with Gasteiger partial charge in [-0.05, 0) is 30.3 Å². The van der Waals surface area contributed by atoms with E-state index in [1.807, 2.05) is 22.8 Å². The van der Waals surface area contributed by atoms with Crippen molar-refractivity contribution in [2.75, 3.05) is 13.7 Å². The maximum Gasteiger partial charge on any atom is 0.164 e. The molecule has 2 heterocycles. The molecule has 0 aliphatic rings. The average molecular weight is 271 g/mol. The van der Waals surface area contributed by atoms with Crippen LogP contribution in [0.2, 0.25) is 0 Å². The van der Waals surface area contributed by atoms with E-state index < -0.39 is 0 Å². The van der Waals surface area contributed by atoms with Crippen LogP contribution in [0.4, 0.5) is 4.39 Å². The van der Waals surface area contributed by atoms with Crippen LogP contribution in [0.25, 0.3) is 16.9 Å². The minimum atomic E-state index is -0.280. The molecule has 3 aromatic rings. The van der Waals surface area contributed by atoms with Crippen molar-refractivity contribution < 1.29 is 9.13 Å². The van der Waals surface area contributed by atoms with Crippen LogP contribution in [0, 0.1) is 5.82 Å².